The van der Waals surface area contributed by atoms with Crippen LogP contribution in [0.25, 0.3) is 11.4 Å². The van der Waals surface area contributed by atoms with E-state index in [2.05, 4.69) is 25.7 Å². The fourth-order valence-electron chi connectivity index (χ4n) is 3.80. The molecule has 0 N–H and O–H groups in total. The van der Waals surface area contributed by atoms with Crippen molar-refractivity contribution in [1.29, 1.82) is 0 Å². The normalized spacial score (nSPS) is 16.2. The van der Waals surface area contributed by atoms with Crippen molar-refractivity contribution in [2.45, 2.75) is 45.4 Å². The highest BCUT2D eigenvalue weighted by molar-refractivity contribution is 6.30. The molecule has 1 aromatic heterocycles. The number of rotatable bonds is 4. The van der Waals surface area contributed by atoms with Crippen LogP contribution in [-0.2, 0) is 4.79 Å². The molecule has 5 nitrogen and oxygen atoms in total. The molecule has 0 saturated carbocycles. The zero-order valence-electron chi connectivity index (χ0n) is 17.2. The summed E-state index contributed by atoms with van der Waals surface area (Å²) < 4.78 is 0. The molecule has 1 aliphatic heterocycles. The molecular formula is C22H29ClN4O. The van der Waals surface area contributed by atoms with Crippen LogP contribution in [0.1, 0.15) is 44.4 Å². The smallest absolute Gasteiger partial charge is 0.240 e. The van der Waals surface area contributed by atoms with Gasteiger partial charge in [0, 0.05) is 43.0 Å². The first kappa shape index (κ1) is 20.6. The summed E-state index contributed by atoms with van der Waals surface area (Å²) in [5.74, 6) is 2.08. The molecular weight excluding hydrogens is 372 g/mol. The summed E-state index contributed by atoms with van der Waals surface area (Å²) in [5, 5.41) is -0.483. The molecule has 1 fully saturated rings. The lowest BCUT2D eigenvalue weighted by atomic mass is 10.0. The molecule has 2 aromatic rings. The van der Waals surface area contributed by atoms with E-state index in [4.69, 9.17) is 21.6 Å². The van der Waals surface area contributed by atoms with Gasteiger partial charge in [-0.2, -0.15) is 0 Å². The van der Waals surface area contributed by atoms with Crippen LogP contribution in [0.2, 0.25) is 0 Å². The largest absolute Gasteiger partial charge is 0.354 e. The third-order valence-electron chi connectivity index (χ3n) is 5.17. The molecule has 0 radical (unpaired) electrons. The van der Waals surface area contributed by atoms with Gasteiger partial charge in [0.05, 0.1) is 0 Å². The van der Waals surface area contributed by atoms with Crippen molar-refractivity contribution >= 4 is 23.3 Å². The number of hydrogen-bond acceptors (Lipinski definition) is 4. The van der Waals surface area contributed by atoms with Gasteiger partial charge >= 0.3 is 0 Å². The molecule has 0 aliphatic carbocycles. The number of nitrogens with zero attached hydrogens (tertiary/aromatic N) is 4. The number of anilines is 1. The van der Waals surface area contributed by atoms with Gasteiger partial charge in [-0.15, -0.1) is 11.6 Å². The number of halogens is 1. The Bertz CT molecular complexity index is 823. The van der Waals surface area contributed by atoms with Crippen LogP contribution in [0, 0.1) is 6.92 Å². The van der Waals surface area contributed by atoms with Gasteiger partial charge in [0.2, 0.25) is 5.91 Å². The Hall–Kier alpha value is -2.14. The molecule has 150 valence electrons. The van der Waals surface area contributed by atoms with Crippen molar-refractivity contribution in [2.75, 3.05) is 31.1 Å². The van der Waals surface area contributed by atoms with Crippen LogP contribution in [0.5, 0.6) is 0 Å². The van der Waals surface area contributed by atoms with Crippen LogP contribution in [-0.4, -0.2) is 52.3 Å². The highest BCUT2D eigenvalue weighted by atomic mass is 35.5. The van der Waals surface area contributed by atoms with Crippen LogP contribution in [0.4, 0.5) is 5.82 Å². The maximum atomic E-state index is 12.3. The summed E-state index contributed by atoms with van der Waals surface area (Å²) in [5.41, 5.74) is 3.22. The minimum atomic E-state index is -0.483. The number of carbonyl (C=O) groups is 1. The molecule has 1 unspecified atom stereocenters. The van der Waals surface area contributed by atoms with E-state index in [1.54, 1.807) is 6.92 Å². The average molecular weight is 401 g/mol. The summed E-state index contributed by atoms with van der Waals surface area (Å²) >= 11 is 6.02. The monoisotopic (exact) mass is 400 g/mol. The quantitative estimate of drug-likeness (QED) is 0.720. The summed E-state index contributed by atoms with van der Waals surface area (Å²) in [6, 6.07) is 10.1. The molecule has 6 heteroatoms. The number of carbonyl (C=O) groups excluding carboxylic acids is 1. The van der Waals surface area contributed by atoms with E-state index in [1.807, 2.05) is 35.2 Å². The maximum Gasteiger partial charge on any atom is 0.240 e. The van der Waals surface area contributed by atoms with E-state index < -0.39 is 5.38 Å². The van der Waals surface area contributed by atoms with Gasteiger partial charge in [-0.1, -0.05) is 44.2 Å². The number of hydrogen-bond donors (Lipinski definition) is 0. The first-order valence-electron chi connectivity index (χ1n) is 10.00. The molecule has 1 saturated heterocycles. The summed E-state index contributed by atoms with van der Waals surface area (Å²) in [6.07, 6.45) is 0.899. The number of alkyl halides is 1. The number of aryl methyl sites for hydroxylation is 1. The Kier molecular flexibility index (Phi) is 6.55. The first-order valence-corrected chi connectivity index (χ1v) is 10.4. The average Bonchev–Trinajstić information content (AvgIpc) is 2.93. The van der Waals surface area contributed by atoms with Crippen molar-refractivity contribution in [3.8, 4) is 11.4 Å². The SMILES string of the molecule is Cc1nc(-c2ccccc2)nc(N2CCCN(C(=O)C(C)Cl)CC2)c1C(C)C. The Labute approximate surface area is 172 Å². The lowest BCUT2D eigenvalue weighted by Crippen LogP contribution is -2.39. The number of benzene rings is 1. The minimum absolute atomic E-state index is 0.0106. The Morgan fingerprint density at radius 3 is 2.39 bits per heavy atom. The zero-order chi connectivity index (χ0) is 20.3. The van der Waals surface area contributed by atoms with Crippen molar-refractivity contribution in [3.63, 3.8) is 0 Å². The van der Waals surface area contributed by atoms with E-state index in [0.717, 1.165) is 49.0 Å². The number of amides is 1. The predicted octanol–water partition coefficient (Wildman–Crippen LogP) is 4.24. The van der Waals surface area contributed by atoms with Gasteiger partial charge in [0.25, 0.3) is 0 Å². The van der Waals surface area contributed by atoms with E-state index in [-0.39, 0.29) is 5.91 Å². The third-order valence-corrected chi connectivity index (χ3v) is 5.36. The van der Waals surface area contributed by atoms with E-state index in [0.29, 0.717) is 12.5 Å². The van der Waals surface area contributed by atoms with Crippen LogP contribution < -0.4 is 4.90 Å². The van der Waals surface area contributed by atoms with Crippen molar-refractivity contribution < 1.29 is 4.79 Å². The van der Waals surface area contributed by atoms with E-state index in [9.17, 15) is 4.79 Å². The zero-order valence-corrected chi connectivity index (χ0v) is 17.9. The molecule has 0 spiro atoms. The molecule has 28 heavy (non-hydrogen) atoms. The molecule has 0 bridgehead atoms. The standard InChI is InChI=1S/C22H29ClN4O/c1-15(2)19-17(4)24-20(18-9-6-5-7-10-18)25-21(19)26-11-8-12-27(14-13-26)22(28)16(3)23/h5-7,9-10,15-16H,8,11-14H2,1-4H3. The second-order valence-electron chi connectivity index (χ2n) is 7.67. The summed E-state index contributed by atoms with van der Waals surface area (Å²) in [6.45, 7) is 11.2. The summed E-state index contributed by atoms with van der Waals surface area (Å²) in [4.78, 5) is 26.3. The Morgan fingerprint density at radius 1 is 1.04 bits per heavy atom. The van der Waals surface area contributed by atoms with E-state index in [1.165, 1.54) is 5.56 Å². The van der Waals surface area contributed by atoms with Gasteiger partial charge in [-0.25, -0.2) is 9.97 Å². The van der Waals surface area contributed by atoms with Crippen LogP contribution in [0.3, 0.4) is 0 Å². The van der Waals surface area contributed by atoms with Crippen LogP contribution >= 0.6 is 11.6 Å². The molecule has 2 heterocycles. The Balaban J connectivity index is 1.95. The third kappa shape index (κ3) is 4.46. The molecule has 3 rings (SSSR count). The van der Waals surface area contributed by atoms with E-state index >= 15 is 0 Å². The van der Waals surface area contributed by atoms with Gasteiger partial charge in [-0.3, -0.25) is 4.79 Å². The van der Waals surface area contributed by atoms with Gasteiger partial charge in [0.15, 0.2) is 5.82 Å². The second kappa shape index (κ2) is 8.91. The first-order chi connectivity index (χ1) is 13.4. The van der Waals surface area contributed by atoms with Crippen LogP contribution in [0.15, 0.2) is 30.3 Å². The summed E-state index contributed by atoms with van der Waals surface area (Å²) in [7, 11) is 0. The molecule has 1 aromatic carbocycles. The van der Waals surface area contributed by atoms with Gasteiger partial charge in [-0.05, 0) is 26.2 Å². The van der Waals surface area contributed by atoms with Gasteiger partial charge in [0.1, 0.15) is 11.2 Å². The fourth-order valence-corrected chi connectivity index (χ4v) is 3.94. The molecule has 1 aliphatic rings. The lowest BCUT2D eigenvalue weighted by molar-refractivity contribution is -0.130. The Morgan fingerprint density at radius 2 is 1.75 bits per heavy atom. The van der Waals surface area contributed by atoms with Gasteiger partial charge < -0.3 is 9.80 Å². The van der Waals surface area contributed by atoms with Crippen molar-refractivity contribution in [1.82, 2.24) is 14.9 Å². The molecule has 1 amide bonds. The maximum absolute atomic E-state index is 12.3. The van der Waals surface area contributed by atoms with Crippen molar-refractivity contribution in [2.24, 2.45) is 0 Å². The second-order valence-corrected chi connectivity index (χ2v) is 8.33. The number of aromatic nitrogens is 2. The highest BCUT2D eigenvalue weighted by Gasteiger charge is 2.25. The van der Waals surface area contributed by atoms with Crippen molar-refractivity contribution in [3.05, 3.63) is 41.6 Å². The predicted molar refractivity (Wildman–Crippen MR) is 115 cm³/mol. The topological polar surface area (TPSA) is 49.3 Å². The highest BCUT2D eigenvalue weighted by Crippen LogP contribution is 2.31. The fraction of sp³-hybridized carbons (Fsp3) is 0.500. The molecule has 1 atom stereocenters. The minimum Gasteiger partial charge on any atom is -0.354 e. The lowest BCUT2D eigenvalue weighted by Gasteiger charge is -2.27.